The summed E-state index contributed by atoms with van der Waals surface area (Å²) in [6.45, 7) is 2.97. The Morgan fingerprint density at radius 1 is 1.33 bits per heavy atom. The Labute approximate surface area is 113 Å². The lowest BCUT2D eigenvalue weighted by atomic mass is 10.1. The maximum Gasteiger partial charge on any atom is 0.0924 e. The van der Waals surface area contributed by atoms with Crippen LogP contribution in [0.3, 0.4) is 0 Å². The van der Waals surface area contributed by atoms with Crippen molar-refractivity contribution in [3.63, 3.8) is 0 Å². The van der Waals surface area contributed by atoms with E-state index in [2.05, 4.69) is 27.2 Å². The fourth-order valence-electron chi connectivity index (χ4n) is 1.47. The molecule has 1 aromatic carbocycles. The molecule has 1 aromatic heterocycles. The quantitative estimate of drug-likeness (QED) is 0.643. The van der Waals surface area contributed by atoms with Crippen molar-refractivity contribution in [2.45, 2.75) is 13.3 Å². The van der Waals surface area contributed by atoms with Crippen LogP contribution in [0, 0.1) is 0 Å². The number of aliphatic imine (C=N–C) groups is 1. The molecule has 0 atom stereocenters. The van der Waals surface area contributed by atoms with Crippen molar-refractivity contribution >= 4 is 24.4 Å². The van der Waals surface area contributed by atoms with Gasteiger partial charge in [-0.2, -0.15) is 0 Å². The topological polar surface area (TPSA) is 53.1 Å². The van der Waals surface area contributed by atoms with E-state index in [4.69, 9.17) is 0 Å². The van der Waals surface area contributed by atoms with Crippen LogP contribution >= 0.6 is 12.4 Å². The van der Waals surface area contributed by atoms with Gasteiger partial charge in [0.2, 0.25) is 0 Å². The second-order valence-electron chi connectivity index (χ2n) is 3.72. The molecule has 96 valence electrons. The van der Waals surface area contributed by atoms with Crippen molar-refractivity contribution in [2.75, 3.05) is 11.9 Å². The molecule has 0 saturated heterocycles. The van der Waals surface area contributed by atoms with Gasteiger partial charge in [0.15, 0.2) is 0 Å². The Balaban J connectivity index is 0.00000162. The first-order valence-electron chi connectivity index (χ1n) is 5.74. The Kier molecular flexibility index (Phi) is 5.94. The van der Waals surface area contributed by atoms with Gasteiger partial charge >= 0.3 is 0 Å². The number of hydrogen-bond donors (Lipinski definition) is 2. The van der Waals surface area contributed by atoms with E-state index < -0.39 is 0 Å². The molecule has 4 nitrogen and oxygen atoms in total. The zero-order valence-corrected chi connectivity index (χ0v) is 11.1. The molecule has 0 aliphatic carbocycles. The molecular formula is C13H17ClN4. The molecule has 18 heavy (non-hydrogen) atoms. The van der Waals surface area contributed by atoms with Crippen LogP contribution in [0.15, 0.2) is 41.8 Å². The molecule has 0 unspecified atom stereocenters. The summed E-state index contributed by atoms with van der Waals surface area (Å²) in [4.78, 5) is 11.3. The summed E-state index contributed by atoms with van der Waals surface area (Å²) < 4.78 is 0. The number of rotatable bonds is 5. The van der Waals surface area contributed by atoms with E-state index in [9.17, 15) is 0 Å². The van der Waals surface area contributed by atoms with Gasteiger partial charge in [0.1, 0.15) is 0 Å². The summed E-state index contributed by atoms with van der Waals surface area (Å²) >= 11 is 0. The number of nitrogens with one attached hydrogen (secondary N) is 2. The van der Waals surface area contributed by atoms with E-state index in [0.29, 0.717) is 0 Å². The summed E-state index contributed by atoms with van der Waals surface area (Å²) in [7, 11) is 0. The van der Waals surface area contributed by atoms with Crippen molar-refractivity contribution in [1.29, 1.82) is 0 Å². The molecule has 2 aromatic rings. The highest BCUT2D eigenvalue weighted by molar-refractivity contribution is 5.85. The minimum atomic E-state index is 0. The second kappa shape index (κ2) is 7.50. The van der Waals surface area contributed by atoms with Crippen LogP contribution in [0.25, 0.3) is 11.3 Å². The summed E-state index contributed by atoms with van der Waals surface area (Å²) in [6.07, 6.45) is 6.30. The van der Waals surface area contributed by atoms with Gasteiger partial charge in [0.05, 0.1) is 24.6 Å². The summed E-state index contributed by atoms with van der Waals surface area (Å²) in [5.41, 5.74) is 3.18. The molecule has 0 spiro atoms. The molecule has 1 heterocycles. The Hall–Kier alpha value is -1.81. The van der Waals surface area contributed by atoms with Gasteiger partial charge in [-0.3, -0.25) is 4.99 Å². The van der Waals surface area contributed by atoms with Crippen LogP contribution in [0.2, 0.25) is 0 Å². The van der Waals surface area contributed by atoms with Crippen molar-refractivity contribution in [2.24, 2.45) is 4.99 Å². The predicted molar refractivity (Wildman–Crippen MR) is 78.5 cm³/mol. The average Bonchev–Trinajstić information content (AvgIpc) is 2.89. The minimum Gasteiger partial charge on any atom is -0.347 e. The fourth-order valence-corrected chi connectivity index (χ4v) is 1.47. The fraction of sp³-hybridized carbons (Fsp3) is 0.231. The molecule has 0 fully saturated rings. The number of aromatic nitrogens is 2. The smallest absolute Gasteiger partial charge is 0.0924 e. The summed E-state index contributed by atoms with van der Waals surface area (Å²) in [5.74, 6) is 0. The van der Waals surface area contributed by atoms with Crippen molar-refractivity contribution in [1.82, 2.24) is 9.97 Å². The molecule has 0 saturated carbocycles. The zero-order chi connectivity index (χ0) is 11.9. The number of benzene rings is 1. The molecule has 0 aliphatic rings. The highest BCUT2D eigenvalue weighted by Gasteiger charge is 1.97. The number of hydrogen-bond acceptors (Lipinski definition) is 2. The van der Waals surface area contributed by atoms with Gasteiger partial charge in [-0.25, -0.2) is 4.98 Å². The lowest BCUT2D eigenvalue weighted by Gasteiger charge is -2.01. The largest absolute Gasteiger partial charge is 0.347 e. The molecule has 0 radical (unpaired) electrons. The first-order chi connectivity index (χ1) is 8.40. The molecule has 2 rings (SSSR count). The number of halogens is 1. The monoisotopic (exact) mass is 264 g/mol. The maximum absolute atomic E-state index is 4.21. The van der Waals surface area contributed by atoms with Crippen molar-refractivity contribution in [3.8, 4) is 11.3 Å². The van der Waals surface area contributed by atoms with E-state index in [1.807, 2.05) is 30.5 Å². The van der Waals surface area contributed by atoms with Crippen LogP contribution in [0.1, 0.15) is 13.3 Å². The van der Waals surface area contributed by atoms with Crippen molar-refractivity contribution in [3.05, 3.63) is 36.8 Å². The normalized spacial score (nSPS) is 10.3. The van der Waals surface area contributed by atoms with Gasteiger partial charge in [-0.05, 0) is 24.1 Å². The minimum absolute atomic E-state index is 0. The average molecular weight is 265 g/mol. The van der Waals surface area contributed by atoms with Crippen LogP contribution < -0.4 is 5.32 Å². The molecule has 2 N–H and O–H groups in total. The first-order valence-corrected chi connectivity index (χ1v) is 5.74. The number of anilines is 1. The summed E-state index contributed by atoms with van der Waals surface area (Å²) in [6, 6.07) is 8.13. The third kappa shape index (κ3) is 3.89. The van der Waals surface area contributed by atoms with E-state index in [0.717, 1.165) is 29.9 Å². The van der Waals surface area contributed by atoms with E-state index in [-0.39, 0.29) is 12.4 Å². The standard InChI is InChI=1S/C13H16N4.ClH/c1-2-7-14-9-16-12-5-3-11(4-6-12)13-8-15-10-17-13;/h3-6,8-10H,2,7H2,1H3,(H,14,16)(H,15,17);1H. The van der Waals surface area contributed by atoms with Crippen LogP contribution in [0.4, 0.5) is 5.69 Å². The molecule has 0 aliphatic heterocycles. The Morgan fingerprint density at radius 3 is 2.72 bits per heavy atom. The van der Waals surface area contributed by atoms with Crippen LogP contribution in [-0.4, -0.2) is 22.9 Å². The number of H-pyrrole nitrogens is 1. The third-order valence-electron chi connectivity index (χ3n) is 2.37. The van der Waals surface area contributed by atoms with E-state index in [1.165, 1.54) is 0 Å². The lowest BCUT2D eigenvalue weighted by molar-refractivity contribution is 0.936. The number of aromatic amines is 1. The Bertz CT molecular complexity index is 462. The van der Waals surface area contributed by atoms with E-state index >= 15 is 0 Å². The molecular weight excluding hydrogens is 248 g/mol. The van der Waals surface area contributed by atoms with Gasteiger partial charge in [0.25, 0.3) is 0 Å². The van der Waals surface area contributed by atoms with E-state index in [1.54, 1.807) is 12.7 Å². The van der Waals surface area contributed by atoms with Crippen LogP contribution in [-0.2, 0) is 0 Å². The molecule has 0 bridgehead atoms. The second-order valence-corrected chi connectivity index (χ2v) is 3.72. The van der Waals surface area contributed by atoms with Gasteiger partial charge < -0.3 is 10.3 Å². The van der Waals surface area contributed by atoms with Crippen molar-refractivity contribution < 1.29 is 0 Å². The van der Waals surface area contributed by atoms with Gasteiger partial charge in [0, 0.05) is 12.2 Å². The zero-order valence-electron chi connectivity index (χ0n) is 10.3. The third-order valence-corrected chi connectivity index (χ3v) is 2.37. The predicted octanol–water partition coefficient (Wildman–Crippen LogP) is 3.35. The van der Waals surface area contributed by atoms with Crippen LogP contribution in [0.5, 0.6) is 0 Å². The molecule has 0 amide bonds. The van der Waals surface area contributed by atoms with Gasteiger partial charge in [-0.15, -0.1) is 12.4 Å². The number of imidazole rings is 1. The van der Waals surface area contributed by atoms with Gasteiger partial charge in [-0.1, -0.05) is 19.1 Å². The Morgan fingerprint density at radius 2 is 2.11 bits per heavy atom. The highest BCUT2D eigenvalue weighted by atomic mass is 35.5. The number of nitrogens with zero attached hydrogens (tertiary/aromatic N) is 2. The first kappa shape index (κ1) is 14.3. The molecule has 5 heteroatoms. The maximum atomic E-state index is 4.21. The summed E-state index contributed by atoms with van der Waals surface area (Å²) in [5, 5.41) is 3.13. The lowest BCUT2D eigenvalue weighted by Crippen LogP contribution is -1.95. The SMILES string of the molecule is CCCN=CNc1ccc(-c2cnc[nH]2)cc1.Cl. The highest BCUT2D eigenvalue weighted by Crippen LogP contribution is 2.18.